The number of anilines is 1. The zero-order valence-electron chi connectivity index (χ0n) is 14.5. The van der Waals surface area contributed by atoms with Crippen molar-refractivity contribution in [1.82, 2.24) is 10.6 Å². The molecule has 0 atom stereocenters. The van der Waals surface area contributed by atoms with Gasteiger partial charge in [-0.2, -0.15) is 0 Å². The number of hydrogen-bond donors (Lipinski definition) is 2. The first-order valence-electron chi connectivity index (χ1n) is 8.36. The van der Waals surface area contributed by atoms with E-state index in [2.05, 4.69) is 20.8 Å². The molecule has 3 aromatic rings. The number of benzene rings is 2. The van der Waals surface area contributed by atoms with Gasteiger partial charge >= 0.3 is 5.95 Å². The highest BCUT2D eigenvalue weighted by Gasteiger charge is 2.29. The number of amides is 1. The van der Waals surface area contributed by atoms with Crippen LogP contribution in [0.15, 0.2) is 82.2 Å². The highest BCUT2D eigenvalue weighted by Crippen LogP contribution is 2.33. The molecule has 140 valence electrons. The molecular formula is C19H15N5O3S. The number of para-hydroxylation sites is 1. The second-order valence-corrected chi connectivity index (χ2v) is 6.63. The third-order valence-corrected chi connectivity index (χ3v) is 4.58. The molecule has 2 heterocycles. The molecule has 0 radical (unpaired) electrons. The lowest BCUT2D eigenvalue weighted by Gasteiger charge is -2.17. The van der Waals surface area contributed by atoms with Crippen LogP contribution in [0.2, 0.25) is 0 Å². The summed E-state index contributed by atoms with van der Waals surface area (Å²) in [5.41, 5.74) is 5.05. The van der Waals surface area contributed by atoms with Gasteiger partial charge in [0, 0.05) is 5.38 Å². The highest BCUT2D eigenvalue weighted by molar-refractivity contribution is 7.13. The maximum absolute atomic E-state index is 12.0. The summed E-state index contributed by atoms with van der Waals surface area (Å²) in [7, 11) is 0. The predicted octanol–water partition coefficient (Wildman–Crippen LogP) is 4.14. The first kappa shape index (κ1) is 17.8. The van der Waals surface area contributed by atoms with E-state index in [0.29, 0.717) is 16.5 Å². The Morgan fingerprint density at radius 2 is 1.86 bits per heavy atom. The molecule has 28 heavy (non-hydrogen) atoms. The molecule has 0 saturated heterocycles. The average molecular weight is 393 g/mol. The number of aliphatic hydroxyl groups excluding tert-OH is 1. The van der Waals surface area contributed by atoms with Crippen molar-refractivity contribution in [3.05, 3.63) is 83.2 Å². The Bertz CT molecular complexity index is 1030. The van der Waals surface area contributed by atoms with Gasteiger partial charge in [0.1, 0.15) is 5.69 Å². The maximum atomic E-state index is 12.0. The van der Waals surface area contributed by atoms with Crippen LogP contribution in [0.25, 0.3) is 5.70 Å². The third-order valence-electron chi connectivity index (χ3n) is 3.85. The smallest absolute Gasteiger partial charge is 0.327 e. The molecule has 1 aliphatic heterocycles. The minimum Gasteiger partial charge on any atom is -0.478 e. The minimum absolute atomic E-state index is 0.175. The molecule has 4 rings (SSSR count). The monoisotopic (exact) mass is 393 g/mol. The second kappa shape index (κ2) is 7.99. The predicted molar refractivity (Wildman–Crippen MR) is 104 cm³/mol. The number of nitrogens with zero attached hydrogens (tertiary/aromatic N) is 4. The number of aliphatic hydroxyl groups is 1. The van der Waals surface area contributed by atoms with Gasteiger partial charge in [-0.15, -0.1) is 21.6 Å². The highest BCUT2D eigenvalue weighted by atomic mass is 32.1. The van der Waals surface area contributed by atoms with Crippen molar-refractivity contribution in [1.29, 1.82) is 0 Å². The van der Waals surface area contributed by atoms with Crippen molar-refractivity contribution in [3.63, 3.8) is 0 Å². The quantitative estimate of drug-likeness (QED) is 0.632. The molecule has 0 saturated carbocycles. The lowest BCUT2D eigenvalue weighted by atomic mass is 10.1. The van der Waals surface area contributed by atoms with Gasteiger partial charge in [0.15, 0.2) is 5.70 Å². The SMILES string of the molecule is O=C(Cc1ccccc1)N=Nc1nc(C2=C(O)ONN2c2ccccc2)cs1. The number of hydrazine groups is 1. The fourth-order valence-corrected chi connectivity index (χ4v) is 3.21. The summed E-state index contributed by atoms with van der Waals surface area (Å²) in [5, 5.41) is 21.3. The zero-order chi connectivity index (χ0) is 19.3. The van der Waals surface area contributed by atoms with E-state index >= 15 is 0 Å². The van der Waals surface area contributed by atoms with Crippen LogP contribution < -0.4 is 10.6 Å². The number of azo groups is 1. The maximum Gasteiger partial charge on any atom is 0.327 e. The number of carbonyl (C=O) groups excluding carboxylic acids is 1. The van der Waals surface area contributed by atoms with Gasteiger partial charge in [-0.1, -0.05) is 54.1 Å². The average Bonchev–Trinajstić information content (AvgIpc) is 3.34. The Morgan fingerprint density at radius 3 is 2.61 bits per heavy atom. The summed E-state index contributed by atoms with van der Waals surface area (Å²) in [4.78, 5) is 21.3. The molecule has 1 aromatic heterocycles. The van der Waals surface area contributed by atoms with Crippen LogP contribution in [-0.4, -0.2) is 16.0 Å². The second-order valence-electron chi connectivity index (χ2n) is 5.79. The molecule has 8 nitrogen and oxygen atoms in total. The Kier molecular flexibility index (Phi) is 5.09. The molecule has 0 spiro atoms. The van der Waals surface area contributed by atoms with E-state index in [1.165, 1.54) is 11.3 Å². The first-order chi connectivity index (χ1) is 13.7. The topological polar surface area (TPSA) is 99.4 Å². The summed E-state index contributed by atoms with van der Waals surface area (Å²) in [6.45, 7) is 0. The van der Waals surface area contributed by atoms with Crippen LogP contribution in [0, 0.1) is 0 Å². The summed E-state index contributed by atoms with van der Waals surface area (Å²) in [6.07, 6.45) is 0.175. The number of nitrogens with one attached hydrogen (secondary N) is 1. The first-order valence-corrected chi connectivity index (χ1v) is 9.24. The lowest BCUT2D eigenvalue weighted by molar-refractivity contribution is -0.117. The summed E-state index contributed by atoms with van der Waals surface area (Å²) < 4.78 is 0. The van der Waals surface area contributed by atoms with Gasteiger partial charge in [-0.3, -0.25) is 4.79 Å². The van der Waals surface area contributed by atoms with Crippen LogP contribution in [-0.2, 0) is 16.1 Å². The van der Waals surface area contributed by atoms with E-state index in [4.69, 9.17) is 4.84 Å². The molecule has 2 aromatic carbocycles. The van der Waals surface area contributed by atoms with Gasteiger partial charge in [0.25, 0.3) is 5.91 Å². The van der Waals surface area contributed by atoms with Crippen LogP contribution in [0.4, 0.5) is 10.8 Å². The third kappa shape index (κ3) is 3.90. The van der Waals surface area contributed by atoms with Crippen molar-refractivity contribution in [3.8, 4) is 0 Å². The number of thiazole rings is 1. The summed E-state index contributed by atoms with van der Waals surface area (Å²) in [6, 6.07) is 18.6. The van der Waals surface area contributed by atoms with E-state index in [1.54, 1.807) is 10.4 Å². The Hall–Kier alpha value is -3.56. The standard InChI is InChI=1S/C19H15N5O3S/c25-16(11-13-7-3-1-4-8-13)21-22-19-20-15(12-28-19)17-18(26)27-23-24(17)14-9-5-2-6-10-14/h1-10,12,23,26H,11H2. The van der Waals surface area contributed by atoms with Crippen LogP contribution >= 0.6 is 11.3 Å². The fraction of sp³-hybridized carbons (Fsp3) is 0.0526. The molecule has 1 aliphatic rings. The van der Waals surface area contributed by atoms with Crippen molar-refractivity contribution in [2.75, 3.05) is 5.01 Å². The number of carbonyl (C=O) groups is 1. The van der Waals surface area contributed by atoms with Gasteiger partial charge in [0.2, 0.25) is 5.13 Å². The van der Waals surface area contributed by atoms with Crippen LogP contribution in [0.1, 0.15) is 11.3 Å². The molecule has 0 bridgehead atoms. The van der Waals surface area contributed by atoms with Crippen LogP contribution in [0.3, 0.4) is 0 Å². The largest absolute Gasteiger partial charge is 0.478 e. The van der Waals surface area contributed by atoms with E-state index < -0.39 is 0 Å². The molecular weight excluding hydrogens is 378 g/mol. The van der Waals surface area contributed by atoms with E-state index in [0.717, 1.165) is 11.3 Å². The molecule has 0 fully saturated rings. The minimum atomic E-state index is -0.359. The summed E-state index contributed by atoms with van der Waals surface area (Å²) >= 11 is 1.20. The Balaban J connectivity index is 1.49. The van der Waals surface area contributed by atoms with Gasteiger partial charge < -0.3 is 9.94 Å². The van der Waals surface area contributed by atoms with Crippen molar-refractivity contribution in [2.45, 2.75) is 6.42 Å². The summed E-state index contributed by atoms with van der Waals surface area (Å²) in [5.74, 6) is -0.667. The molecule has 1 amide bonds. The molecule has 2 N–H and O–H groups in total. The normalized spacial score (nSPS) is 13.9. The van der Waals surface area contributed by atoms with E-state index in [9.17, 15) is 9.90 Å². The van der Waals surface area contributed by atoms with Gasteiger partial charge in [-0.25, -0.2) is 9.99 Å². The Morgan fingerprint density at radius 1 is 1.14 bits per heavy atom. The number of hydrogen-bond acceptors (Lipinski definition) is 8. The van der Waals surface area contributed by atoms with Gasteiger partial charge in [-0.05, 0) is 17.7 Å². The molecule has 0 unspecified atom stereocenters. The van der Waals surface area contributed by atoms with Crippen molar-refractivity contribution >= 4 is 33.8 Å². The van der Waals surface area contributed by atoms with Crippen molar-refractivity contribution in [2.24, 2.45) is 10.2 Å². The van der Waals surface area contributed by atoms with E-state index in [-0.39, 0.29) is 18.3 Å². The van der Waals surface area contributed by atoms with Crippen LogP contribution in [0.5, 0.6) is 0 Å². The number of aromatic nitrogens is 1. The number of rotatable bonds is 5. The molecule has 9 heteroatoms. The molecule has 0 aliphatic carbocycles. The van der Waals surface area contributed by atoms with Gasteiger partial charge in [0.05, 0.1) is 12.1 Å². The van der Waals surface area contributed by atoms with E-state index in [1.807, 2.05) is 60.7 Å². The fourth-order valence-electron chi connectivity index (χ4n) is 2.58. The zero-order valence-corrected chi connectivity index (χ0v) is 15.3. The van der Waals surface area contributed by atoms with Crippen molar-refractivity contribution < 1.29 is 14.7 Å². The Labute approximate surface area is 164 Å². The lowest BCUT2D eigenvalue weighted by Crippen LogP contribution is -2.30.